The fourth-order valence-corrected chi connectivity index (χ4v) is 4.32. The number of nitrogens with one attached hydrogen (secondary N) is 2. The molecule has 3 saturated heterocycles. The zero-order chi connectivity index (χ0) is 29.4. The number of carboxylic acids is 1. The molecule has 2 atom stereocenters. The highest BCUT2D eigenvalue weighted by atomic mass is 19.4. The van der Waals surface area contributed by atoms with Gasteiger partial charge in [-0.3, -0.25) is 9.48 Å². The summed E-state index contributed by atoms with van der Waals surface area (Å²) in [5.74, 6) is -3.01. The summed E-state index contributed by atoms with van der Waals surface area (Å²) in [7, 11) is 0. The van der Waals surface area contributed by atoms with E-state index >= 15 is 0 Å². The average molecular weight is 584 g/mol. The number of nitrogens with zero attached hydrogens (tertiary/aromatic N) is 6. The molecule has 3 aromatic rings. The van der Waals surface area contributed by atoms with Crippen molar-refractivity contribution in [1.29, 1.82) is 0 Å². The van der Waals surface area contributed by atoms with Gasteiger partial charge < -0.3 is 20.6 Å². The summed E-state index contributed by atoms with van der Waals surface area (Å²) in [6.45, 7) is 0.558. The summed E-state index contributed by atoms with van der Waals surface area (Å²) in [5, 5.41) is 19.9. The van der Waals surface area contributed by atoms with Gasteiger partial charge in [0.2, 0.25) is 0 Å². The number of hydrogen-bond acceptors (Lipinski definition) is 7. The van der Waals surface area contributed by atoms with Gasteiger partial charge in [-0.2, -0.15) is 36.5 Å². The Bertz CT molecular complexity index is 1380. The number of aliphatic carboxylic acids is 1. The van der Waals surface area contributed by atoms with Crippen molar-refractivity contribution in [2.45, 2.75) is 50.2 Å². The van der Waals surface area contributed by atoms with E-state index in [-0.39, 0.29) is 17.3 Å². The average Bonchev–Trinajstić information content (AvgIpc) is 3.47. The molecule has 19 heteroatoms. The van der Waals surface area contributed by atoms with Crippen LogP contribution in [0.1, 0.15) is 28.9 Å². The van der Waals surface area contributed by atoms with Crippen LogP contribution in [-0.4, -0.2) is 79.1 Å². The summed E-state index contributed by atoms with van der Waals surface area (Å²) in [5.41, 5.74) is -2.05. The Balaban J connectivity index is 0.000000470. The van der Waals surface area contributed by atoms with E-state index in [4.69, 9.17) is 9.90 Å². The zero-order valence-corrected chi connectivity index (χ0v) is 20.0. The molecular weight excluding hydrogens is 564 g/mol. The lowest BCUT2D eigenvalue weighted by Crippen LogP contribution is -2.61. The molecule has 3 fully saturated rings. The minimum atomic E-state index is -5.08. The number of amides is 1. The highest BCUT2D eigenvalue weighted by molar-refractivity contribution is 6.08. The van der Waals surface area contributed by atoms with Crippen molar-refractivity contribution in [2.24, 2.45) is 0 Å². The van der Waals surface area contributed by atoms with E-state index < -0.39 is 48.6 Å². The second-order valence-corrected chi connectivity index (χ2v) is 8.86. The van der Waals surface area contributed by atoms with E-state index in [1.807, 2.05) is 0 Å². The van der Waals surface area contributed by atoms with Crippen molar-refractivity contribution in [1.82, 2.24) is 29.7 Å². The number of halogens is 8. The van der Waals surface area contributed by atoms with E-state index in [2.05, 4.69) is 30.7 Å². The number of hydrogen-bond donors (Lipinski definition) is 3. The van der Waals surface area contributed by atoms with Crippen molar-refractivity contribution in [3.8, 4) is 0 Å². The van der Waals surface area contributed by atoms with Crippen molar-refractivity contribution in [2.75, 3.05) is 23.3 Å². The molecule has 218 valence electrons. The van der Waals surface area contributed by atoms with Crippen LogP contribution >= 0.6 is 0 Å². The first-order valence-corrected chi connectivity index (χ1v) is 11.5. The Hall–Kier alpha value is -4.03. The van der Waals surface area contributed by atoms with E-state index in [0.29, 0.717) is 16.5 Å². The second-order valence-electron chi connectivity index (χ2n) is 8.86. The maximum Gasteiger partial charge on any atom is 0.490 e. The molecule has 0 radical (unpaired) electrons. The van der Waals surface area contributed by atoms with Crippen LogP contribution < -0.4 is 15.5 Å². The van der Waals surface area contributed by atoms with Crippen LogP contribution in [0.4, 0.5) is 46.6 Å². The maximum atomic E-state index is 13.3. The number of rotatable bonds is 5. The van der Waals surface area contributed by atoms with Gasteiger partial charge in [-0.25, -0.2) is 23.1 Å². The number of carbonyl (C=O) groups is 2. The standard InChI is InChI=1S/C19H19F5N8O.C2HF3O2/c20-14(21)9-30-8-13(16(29-30)19(22,23)24)27-18(33)12-6-26-32-4-3-15(28-17(12)32)31-7-10-1-2-11(31)5-25-10;3-2(4,5)1(6)7/h3-4,6,8,10-11,14,25H,1-2,5,7,9H2,(H,27,33);(H,6,7). The largest absolute Gasteiger partial charge is 0.490 e. The second kappa shape index (κ2) is 10.9. The molecule has 2 unspecified atom stereocenters. The number of carboxylic acid groups (broad SMARTS) is 1. The normalized spacial score (nSPS) is 19.1. The highest BCUT2D eigenvalue weighted by Crippen LogP contribution is 2.34. The Morgan fingerprint density at radius 1 is 1.18 bits per heavy atom. The predicted octanol–water partition coefficient (Wildman–Crippen LogP) is 3.04. The molecule has 40 heavy (non-hydrogen) atoms. The fraction of sp³-hybridized carbons (Fsp3) is 0.476. The Morgan fingerprint density at radius 2 is 1.88 bits per heavy atom. The van der Waals surface area contributed by atoms with Crippen molar-refractivity contribution in [3.05, 3.63) is 35.9 Å². The lowest BCUT2D eigenvalue weighted by molar-refractivity contribution is -0.192. The molecule has 6 heterocycles. The van der Waals surface area contributed by atoms with Gasteiger partial charge in [0.25, 0.3) is 12.3 Å². The van der Waals surface area contributed by atoms with Crippen LogP contribution in [0.25, 0.3) is 5.65 Å². The Morgan fingerprint density at radius 3 is 2.40 bits per heavy atom. The number of fused-ring (bicyclic) bond motifs is 4. The minimum absolute atomic E-state index is 0.0492. The first-order chi connectivity index (χ1) is 18.6. The molecule has 0 spiro atoms. The van der Waals surface area contributed by atoms with Crippen molar-refractivity contribution < 1.29 is 49.8 Å². The van der Waals surface area contributed by atoms with E-state index in [1.165, 1.54) is 10.7 Å². The van der Waals surface area contributed by atoms with Gasteiger partial charge >= 0.3 is 18.3 Å². The quantitative estimate of drug-likeness (QED) is 0.391. The van der Waals surface area contributed by atoms with Crippen molar-refractivity contribution >= 4 is 29.0 Å². The summed E-state index contributed by atoms with van der Waals surface area (Å²) < 4.78 is 98.7. The van der Waals surface area contributed by atoms with Gasteiger partial charge in [0.05, 0.1) is 11.9 Å². The molecule has 3 N–H and O–H groups in total. The van der Waals surface area contributed by atoms with Gasteiger partial charge in [0, 0.05) is 37.6 Å². The number of piperazine rings is 1. The first kappa shape index (κ1) is 29.0. The summed E-state index contributed by atoms with van der Waals surface area (Å²) in [6.07, 6.45) is -7.28. The van der Waals surface area contributed by atoms with E-state index in [1.54, 1.807) is 12.3 Å². The lowest BCUT2D eigenvalue weighted by Gasteiger charge is -2.46. The van der Waals surface area contributed by atoms with Gasteiger partial charge in [-0.1, -0.05) is 0 Å². The third-order valence-corrected chi connectivity index (χ3v) is 6.09. The monoisotopic (exact) mass is 584 g/mol. The van der Waals surface area contributed by atoms with Gasteiger partial charge in [-0.15, -0.1) is 0 Å². The van der Waals surface area contributed by atoms with E-state index in [9.17, 15) is 39.9 Å². The van der Waals surface area contributed by atoms with Crippen LogP contribution in [0, 0.1) is 0 Å². The molecule has 0 aromatic carbocycles. The SMILES string of the molecule is O=C(Nc1cn(CC(F)F)nc1C(F)(F)F)c1cnn2ccc(N3CC4CCC3CN4)nc12.O=C(O)C(F)(F)F. The molecule has 2 bridgehead atoms. The fourth-order valence-electron chi connectivity index (χ4n) is 4.32. The van der Waals surface area contributed by atoms with Crippen LogP contribution in [0.2, 0.25) is 0 Å². The summed E-state index contributed by atoms with van der Waals surface area (Å²) >= 11 is 0. The number of piperidine rings is 2. The van der Waals surface area contributed by atoms with Crippen LogP contribution in [0.5, 0.6) is 0 Å². The third-order valence-electron chi connectivity index (χ3n) is 6.09. The minimum Gasteiger partial charge on any atom is -0.475 e. The van der Waals surface area contributed by atoms with Crippen LogP contribution in [0.15, 0.2) is 24.7 Å². The Labute approximate surface area is 218 Å². The lowest BCUT2D eigenvalue weighted by atomic mass is 9.93. The number of alkyl halides is 8. The van der Waals surface area contributed by atoms with Crippen LogP contribution in [-0.2, 0) is 17.5 Å². The molecule has 3 aliphatic heterocycles. The highest BCUT2D eigenvalue weighted by Gasteiger charge is 2.39. The molecular formula is C21H20F8N8O3. The first-order valence-electron chi connectivity index (χ1n) is 11.5. The molecule has 3 aliphatic rings. The molecule has 3 aromatic heterocycles. The smallest absolute Gasteiger partial charge is 0.475 e. The predicted molar refractivity (Wildman–Crippen MR) is 120 cm³/mol. The van der Waals surface area contributed by atoms with Gasteiger partial charge in [0.1, 0.15) is 17.9 Å². The van der Waals surface area contributed by atoms with Crippen LogP contribution in [0.3, 0.4) is 0 Å². The van der Waals surface area contributed by atoms with Gasteiger partial charge in [-0.05, 0) is 18.9 Å². The maximum absolute atomic E-state index is 13.3. The molecule has 6 rings (SSSR count). The molecule has 0 aliphatic carbocycles. The molecule has 11 nitrogen and oxygen atoms in total. The summed E-state index contributed by atoms with van der Waals surface area (Å²) in [4.78, 5) is 28.4. The molecule has 1 amide bonds. The Kier molecular flexibility index (Phi) is 7.86. The van der Waals surface area contributed by atoms with Gasteiger partial charge in [0.15, 0.2) is 11.3 Å². The number of aromatic nitrogens is 5. The summed E-state index contributed by atoms with van der Waals surface area (Å²) in [6, 6.07) is 2.39. The van der Waals surface area contributed by atoms with E-state index in [0.717, 1.165) is 32.1 Å². The number of carbonyl (C=O) groups excluding carboxylic acids is 1. The molecule has 0 saturated carbocycles. The number of anilines is 2. The third kappa shape index (κ3) is 6.40. The zero-order valence-electron chi connectivity index (χ0n) is 20.0. The van der Waals surface area contributed by atoms with Crippen molar-refractivity contribution in [3.63, 3.8) is 0 Å². The topological polar surface area (TPSA) is 130 Å².